The average molecular weight is 360 g/mol. The van der Waals surface area contributed by atoms with E-state index in [4.69, 9.17) is 9.47 Å². The molecule has 1 aromatic carbocycles. The largest absolute Gasteiger partial charge is 0.445 e. The van der Waals surface area contributed by atoms with E-state index in [9.17, 15) is 9.59 Å². The summed E-state index contributed by atoms with van der Waals surface area (Å²) in [6.07, 6.45) is 1.98. The lowest BCUT2D eigenvalue weighted by Crippen LogP contribution is -2.42. The first-order valence-electron chi connectivity index (χ1n) is 9.30. The van der Waals surface area contributed by atoms with Gasteiger partial charge in [-0.2, -0.15) is 0 Å². The van der Waals surface area contributed by atoms with Crippen LogP contribution in [0.25, 0.3) is 0 Å². The predicted molar refractivity (Wildman–Crippen MR) is 97.6 cm³/mol. The van der Waals surface area contributed by atoms with E-state index >= 15 is 0 Å². The molecule has 0 aromatic heterocycles. The van der Waals surface area contributed by atoms with Crippen LogP contribution in [0.5, 0.6) is 0 Å². The van der Waals surface area contributed by atoms with Crippen LogP contribution in [0.2, 0.25) is 0 Å². The Balaban J connectivity index is 1.49. The molecule has 1 saturated heterocycles. The molecule has 1 saturated carbocycles. The third-order valence-electron chi connectivity index (χ3n) is 5.03. The van der Waals surface area contributed by atoms with Gasteiger partial charge in [0.25, 0.3) is 0 Å². The molecule has 1 N–H and O–H groups in total. The van der Waals surface area contributed by atoms with E-state index in [1.54, 1.807) is 0 Å². The zero-order valence-electron chi connectivity index (χ0n) is 15.7. The molecule has 6 heteroatoms. The minimum atomic E-state index is -0.493. The van der Waals surface area contributed by atoms with Crippen molar-refractivity contribution in [1.82, 2.24) is 10.2 Å². The number of likely N-dealkylation sites (tertiary alicyclic amines) is 1. The van der Waals surface area contributed by atoms with E-state index < -0.39 is 11.7 Å². The van der Waals surface area contributed by atoms with Crippen LogP contribution >= 0.6 is 0 Å². The summed E-state index contributed by atoms with van der Waals surface area (Å²) in [5.41, 5.74) is 0.469. The zero-order valence-corrected chi connectivity index (χ0v) is 15.7. The van der Waals surface area contributed by atoms with E-state index in [0.29, 0.717) is 6.54 Å². The van der Waals surface area contributed by atoms with Gasteiger partial charge in [-0.1, -0.05) is 30.3 Å². The Morgan fingerprint density at radius 3 is 2.58 bits per heavy atom. The van der Waals surface area contributed by atoms with Crippen molar-refractivity contribution >= 4 is 12.2 Å². The van der Waals surface area contributed by atoms with Gasteiger partial charge >= 0.3 is 12.2 Å². The molecule has 1 unspecified atom stereocenters. The van der Waals surface area contributed by atoms with E-state index in [1.165, 1.54) is 0 Å². The van der Waals surface area contributed by atoms with Crippen LogP contribution in [0.3, 0.4) is 0 Å². The Hall–Kier alpha value is -2.24. The molecule has 2 fully saturated rings. The fourth-order valence-corrected chi connectivity index (χ4v) is 3.92. The molecular formula is C20H28N2O4. The molecule has 1 aliphatic carbocycles. The number of hydrogen-bond acceptors (Lipinski definition) is 4. The highest BCUT2D eigenvalue weighted by Gasteiger charge is 2.47. The summed E-state index contributed by atoms with van der Waals surface area (Å²) in [5, 5.41) is 2.99. The van der Waals surface area contributed by atoms with Gasteiger partial charge in [0.1, 0.15) is 12.2 Å². The summed E-state index contributed by atoms with van der Waals surface area (Å²) < 4.78 is 10.8. The monoisotopic (exact) mass is 360 g/mol. The minimum Gasteiger partial charge on any atom is -0.445 e. The molecule has 2 amide bonds. The molecule has 0 radical (unpaired) electrons. The van der Waals surface area contributed by atoms with Crippen molar-refractivity contribution in [3.8, 4) is 0 Å². The summed E-state index contributed by atoms with van der Waals surface area (Å²) >= 11 is 0. The van der Waals surface area contributed by atoms with Crippen molar-refractivity contribution in [2.24, 2.45) is 5.92 Å². The van der Waals surface area contributed by atoms with Crippen molar-refractivity contribution in [3.05, 3.63) is 35.9 Å². The number of nitrogens with zero attached hydrogens (tertiary/aromatic N) is 1. The van der Waals surface area contributed by atoms with E-state index in [1.807, 2.05) is 56.0 Å². The molecule has 1 aliphatic heterocycles. The standard InChI is InChI=1S/C20H28N2O4/c1-20(2,3)26-19(24)22-12-11-15-16(9-10-17(15)22)21-18(23)25-13-14-7-5-4-6-8-14/h4-8,15-17H,9-13H2,1-3H3,(H,21,23)/t15-,16?,17+/m0/s1. The van der Waals surface area contributed by atoms with Crippen LogP contribution < -0.4 is 5.32 Å². The van der Waals surface area contributed by atoms with Crippen LogP contribution in [-0.4, -0.2) is 41.3 Å². The number of carbonyl (C=O) groups is 2. The maximum absolute atomic E-state index is 12.4. The van der Waals surface area contributed by atoms with Crippen molar-refractivity contribution in [2.45, 2.75) is 64.3 Å². The Morgan fingerprint density at radius 1 is 1.15 bits per heavy atom. The van der Waals surface area contributed by atoms with Crippen molar-refractivity contribution in [1.29, 1.82) is 0 Å². The van der Waals surface area contributed by atoms with Gasteiger partial charge in [-0.05, 0) is 45.6 Å². The van der Waals surface area contributed by atoms with Gasteiger partial charge in [0, 0.05) is 24.5 Å². The predicted octanol–water partition coefficient (Wildman–Crippen LogP) is 3.70. The minimum absolute atomic E-state index is 0.0516. The molecule has 0 spiro atoms. The second kappa shape index (κ2) is 7.56. The van der Waals surface area contributed by atoms with Gasteiger partial charge in [0.2, 0.25) is 0 Å². The van der Waals surface area contributed by atoms with Gasteiger partial charge in [-0.15, -0.1) is 0 Å². The van der Waals surface area contributed by atoms with Gasteiger partial charge in [-0.3, -0.25) is 0 Å². The van der Waals surface area contributed by atoms with E-state index in [2.05, 4.69) is 5.32 Å². The first-order chi connectivity index (χ1) is 12.3. The lowest BCUT2D eigenvalue weighted by molar-refractivity contribution is 0.0217. The first kappa shape index (κ1) is 18.5. The maximum atomic E-state index is 12.4. The van der Waals surface area contributed by atoms with Gasteiger partial charge < -0.3 is 19.7 Å². The van der Waals surface area contributed by atoms with Crippen LogP contribution in [0.1, 0.15) is 45.6 Å². The second-order valence-corrected chi connectivity index (χ2v) is 8.08. The molecule has 142 valence electrons. The van der Waals surface area contributed by atoms with Crippen LogP contribution in [0.4, 0.5) is 9.59 Å². The number of nitrogens with one attached hydrogen (secondary N) is 1. The number of fused-ring (bicyclic) bond motifs is 1. The average Bonchev–Trinajstić information content (AvgIpc) is 3.15. The van der Waals surface area contributed by atoms with Crippen molar-refractivity contribution in [3.63, 3.8) is 0 Å². The fourth-order valence-electron chi connectivity index (χ4n) is 3.92. The number of alkyl carbamates (subject to hydrolysis) is 1. The Morgan fingerprint density at radius 2 is 1.88 bits per heavy atom. The smallest absolute Gasteiger partial charge is 0.410 e. The fraction of sp³-hybridized carbons (Fsp3) is 0.600. The van der Waals surface area contributed by atoms with Gasteiger partial charge in [0.05, 0.1) is 0 Å². The number of amides is 2. The Kier molecular flexibility index (Phi) is 5.39. The number of rotatable bonds is 3. The zero-order chi connectivity index (χ0) is 18.7. The molecule has 2 aliphatic rings. The molecule has 3 atom stereocenters. The molecule has 6 nitrogen and oxygen atoms in total. The first-order valence-corrected chi connectivity index (χ1v) is 9.30. The third kappa shape index (κ3) is 4.48. The molecule has 3 rings (SSSR count). The van der Waals surface area contributed by atoms with Crippen LogP contribution in [0, 0.1) is 5.92 Å². The lowest BCUT2D eigenvalue weighted by Gasteiger charge is -2.28. The molecule has 0 bridgehead atoms. The summed E-state index contributed by atoms with van der Waals surface area (Å²) in [6, 6.07) is 9.81. The highest BCUT2D eigenvalue weighted by Crippen LogP contribution is 2.38. The maximum Gasteiger partial charge on any atom is 0.410 e. The SMILES string of the molecule is CC(C)(C)OC(=O)N1CC[C@H]2C(NC(=O)OCc3ccccc3)CC[C@H]21. The van der Waals surface area contributed by atoms with Crippen molar-refractivity contribution in [2.75, 3.05) is 6.54 Å². The number of ether oxygens (including phenoxy) is 2. The number of benzene rings is 1. The van der Waals surface area contributed by atoms with E-state index in [0.717, 1.165) is 24.8 Å². The molecule has 1 heterocycles. The summed E-state index contributed by atoms with van der Waals surface area (Å²) in [5.74, 6) is 0.270. The Bertz CT molecular complexity index is 641. The lowest BCUT2D eigenvalue weighted by atomic mass is 10.0. The quantitative estimate of drug-likeness (QED) is 0.892. The highest BCUT2D eigenvalue weighted by atomic mass is 16.6. The van der Waals surface area contributed by atoms with Gasteiger partial charge in [-0.25, -0.2) is 9.59 Å². The van der Waals surface area contributed by atoms with E-state index in [-0.39, 0.29) is 30.7 Å². The summed E-state index contributed by atoms with van der Waals surface area (Å²) in [4.78, 5) is 26.3. The van der Waals surface area contributed by atoms with Gasteiger partial charge in [0.15, 0.2) is 0 Å². The van der Waals surface area contributed by atoms with Crippen LogP contribution in [-0.2, 0) is 16.1 Å². The Labute approximate surface area is 154 Å². The topological polar surface area (TPSA) is 67.9 Å². The number of carbonyl (C=O) groups excluding carboxylic acids is 2. The second-order valence-electron chi connectivity index (χ2n) is 8.08. The normalized spacial score (nSPS) is 24.9. The highest BCUT2D eigenvalue weighted by molar-refractivity contribution is 5.70. The number of hydrogen-bond donors (Lipinski definition) is 1. The summed E-state index contributed by atoms with van der Waals surface area (Å²) in [6.45, 7) is 6.57. The molecular weight excluding hydrogens is 332 g/mol. The van der Waals surface area contributed by atoms with Crippen LogP contribution in [0.15, 0.2) is 30.3 Å². The molecule has 26 heavy (non-hydrogen) atoms. The third-order valence-corrected chi connectivity index (χ3v) is 5.03. The van der Waals surface area contributed by atoms with Crippen molar-refractivity contribution < 1.29 is 19.1 Å². The summed E-state index contributed by atoms with van der Waals surface area (Å²) in [7, 11) is 0. The molecule has 1 aromatic rings.